The fraction of sp³-hybridized carbons (Fsp3) is 0.143. The molecule has 0 aliphatic rings. The van der Waals surface area contributed by atoms with Gasteiger partial charge in [-0.1, -0.05) is 29.8 Å². The number of aromatic nitrogens is 1. The first-order chi connectivity index (χ1) is 9.09. The predicted octanol–water partition coefficient (Wildman–Crippen LogP) is 3.15. The minimum absolute atomic E-state index is 0.177. The molecule has 3 nitrogen and oxygen atoms in total. The van der Waals surface area contributed by atoms with E-state index in [9.17, 15) is 9.18 Å². The van der Waals surface area contributed by atoms with E-state index in [1.165, 1.54) is 23.4 Å². The first-order valence-electron chi connectivity index (χ1n) is 5.68. The van der Waals surface area contributed by atoms with Crippen molar-refractivity contribution in [2.75, 3.05) is 7.05 Å². The molecule has 0 aliphatic heterocycles. The lowest BCUT2D eigenvalue weighted by Crippen LogP contribution is -2.27. The van der Waals surface area contributed by atoms with Gasteiger partial charge in [0.15, 0.2) is 0 Å². The van der Waals surface area contributed by atoms with Crippen molar-refractivity contribution in [2.45, 2.75) is 6.54 Å². The normalized spacial score (nSPS) is 10.3. The summed E-state index contributed by atoms with van der Waals surface area (Å²) in [7, 11) is 1.60. The second-order valence-electron chi connectivity index (χ2n) is 4.11. The van der Waals surface area contributed by atoms with Gasteiger partial charge in [-0.25, -0.2) is 4.39 Å². The Bertz CT molecular complexity index is 604. The fourth-order valence-electron chi connectivity index (χ4n) is 1.69. The van der Waals surface area contributed by atoms with Crippen LogP contribution >= 0.6 is 11.6 Å². The molecule has 0 radical (unpaired) electrons. The number of hydrogen-bond acceptors (Lipinski definition) is 2. The highest BCUT2D eigenvalue weighted by Gasteiger charge is 2.16. The lowest BCUT2D eigenvalue weighted by Gasteiger charge is -2.18. The summed E-state index contributed by atoms with van der Waals surface area (Å²) in [6.45, 7) is 0.177. The molecular formula is C14H12ClFN2O. The molecule has 1 aromatic heterocycles. The van der Waals surface area contributed by atoms with Gasteiger partial charge < -0.3 is 4.90 Å². The Morgan fingerprint density at radius 2 is 2.11 bits per heavy atom. The maximum absolute atomic E-state index is 13.5. The predicted molar refractivity (Wildman–Crippen MR) is 71.4 cm³/mol. The van der Waals surface area contributed by atoms with Crippen molar-refractivity contribution in [3.05, 3.63) is 64.7 Å². The Morgan fingerprint density at radius 3 is 2.79 bits per heavy atom. The van der Waals surface area contributed by atoms with Crippen LogP contribution in [0.5, 0.6) is 0 Å². The van der Waals surface area contributed by atoms with Crippen molar-refractivity contribution in [3.63, 3.8) is 0 Å². The average Bonchev–Trinajstić information content (AvgIpc) is 2.41. The van der Waals surface area contributed by atoms with Gasteiger partial charge in [0.1, 0.15) is 5.82 Å². The lowest BCUT2D eigenvalue weighted by atomic mass is 10.2. The molecule has 0 bridgehead atoms. The second-order valence-corrected chi connectivity index (χ2v) is 4.52. The zero-order chi connectivity index (χ0) is 13.8. The van der Waals surface area contributed by atoms with Gasteiger partial charge in [0.2, 0.25) is 0 Å². The van der Waals surface area contributed by atoms with E-state index in [1.807, 2.05) is 0 Å². The molecule has 0 N–H and O–H groups in total. The molecule has 0 unspecified atom stereocenters. The Balaban J connectivity index is 2.17. The maximum Gasteiger partial charge on any atom is 0.256 e. The van der Waals surface area contributed by atoms with Crippen LogP contribution in [-0.2, 0) is 6.54 Å². The highest BCUT2D eigenvalue weighted by Crippen LogP contribution is 2.17. The molecule has 0 saturated carbocycles. The van der Waals surface area contributed by atoms with Crippen molar-refractivity contribution in [2.24, 2.45) is 0 Å². The van der Waals surface area contributed by atoms with Gasteiger partial charge in [0.05, 0.1) is 10.6 Å². The van der Waals surface area contributed by atoms with Crippen molar-refractivity contribution >= 4 is 17.5 Å². The SMILES string of the molecule is CN(Cc1ccccc1F)C(=O)c1cnccc1Cl. The summed E-state index contributed by atoms with van der Waals surface area (Å²) < 4.78 is 13.5. The minimum atomic E-state index is -0.334. The van der Waals surface area contributed by atoms with Gasteiger partial charge in [-0.3, -0.25) is 9.78 Å². The third kappa shape index (κ3) is 3.09. The van der Waals surface area contributed by atoms with E-state index in [-0.39, 0.29) is 18.3 Å². The summed E-state index contributed by atoms with van der Waals surface area (Å²) in [5.74, 6) is -0.624. The molecule has 0 fully saturated rings. The molecule has 1 aromatic carbocycles. The highest BCUT2D eigenvalue weighted by atomic mass is 35.5. The highest BCUT2D eigenvalue weighted by molar-refractivity contribution is 6.33. The van der Waals surface area contributed by atoms with Crippen LogP contribution in [0, 0.1) is 5.82 Å². The second kappa shape index (κ2) is 5.80. The molecule has 1 amide bonds. The van der Waals surface area contributed by atoms with E-state index in [1.54, 1.807) is 31.3 Å². The molecule has 0 aliphatic carbocycles. The number of amides is 1. The van der Waals surface area contributed by atoms with Crippen molar-refractivity contribution < 1.29 is 9.18 Å². The van der Waals surface area contributed by atoms with Crippen LogP contribution in [0.1, 0.15) is 15.9 Å². The van der Waals surface area contributed by atoms with E-state index < -0.39 is 0 Å². The van der Waals surface area contributed by atoms with Gasteiger partial charge in [0.25, 0.3) is 5.91 Å². The molecule has 2 aromatic rings. The summed E-state index contributed by atoms with van der Waals surface area (Å²) in [6.07, 6.45) is 2.92. The summed E-state index contributed by atoms with van der Waals surface area (Å²) >= 11 is 5.94. The number of carbonyl (C=O) groups excluding carboxylic acids is 1. The molecule has 2 rings (SSSR count). The Morgan fingerprint density at radius 1 is 1.37 bits per heavy atom. The zero-order valence-corrected chi connectivity index (χ0v) is 11.1. The molecule has 0 saturated heterocycles. The van der Waals surface area contributed by atoms with Crippen LogP contribution < -0.4 is 0 Å². The van der Waals surface area contributed by atoms with Crippen molar-refractivity contribution in [1.82, 2.24) is 9.88 Å². The third-order valence-electron chi connectivity index (χ3n) is 2.71. The summed E-state index contributed by atoms with van der Waals surface area (Å²) in [4.78, 5) is 17.4. The number of carbonyl (C=O) groups is 1. The van der Waals surface area contributed by atoms with Gasteiger partial charge in [-0.05, 0) is 12.1 Å². The summed E-state index contributed by atoms with van der Waals surface area (Å²) in [5, 5.41) is 0.334. The van der Waals surface area contributed by atoms with Crippen LogP contribution in [0.3, 0.4) is 0 Å². The van der Waals surface area contributed by atoms with Crippen molar-refractivity contribution in [3.8, 4) is 0 Å². The van der Waals surface area contributed by atoms with Gasteiger partial charge in [-0.2, -0.15) is 0 Å². The Hall–Kier alpha value is -1.94. The fourth-order valence-corrected chi connectivity index (χ4v) is 1.88. The van der Waals surface area contributed by atoms with Crippen LogP contribution in [0.15, 0.2) is 42.7 Å². The molecule has 0 spiro atoms. The summed E-state index contributed by atoms with van der Waals surface area (Å²) in [5.41, 5.74) is 0.765. The maximum atomic E-state index is 13.5. The van der Waals surface area contributed by atoms with Gasteiger partial charge >= 0.3 is 0 Å². The largest absolute Gasteiger partial charge is 0.337 e. The Labute approximate surface area is 115 Å². The van der Waals surface area contributed by atoms with Crippen molar-refractivity contribution in [1.29, 1.82) is 0 Å². The number of halogens is 2. The molecule has 5 heteroatoms. The monoisotopic (exact) mass is 278 g/mol. The third-order valence-corrected chi connectivity index (χ3v) is 3.04. The quantitative estimate of drug-likeness (QED) is 0.864. The van der Waals surface area contributed by atoms with E-state index in [4.69, 9.17) is 11.6 Å². The molecule has 1 heterocycles. The van der Waals surface area contributed by atoms with Crippen LogP contribution in [-0.4, -0.2) is 22.8 Å². The topological polar surface area (TPSA) is 33.2 Å². The number of pyridine rings is 1. The molecular weight excluding hydrogens is 267 g/mol. The number of rotatable bonds is 3. The van der Waals surface area contributed by atoms with Crippen LogP contribution in [0.25, 0.3) is 0 Å². The van der Waals surface area contributed by atoms with E-state index in [2.05, 4.69) is 4.98 Å². The van der Waals surface area contributed by atoms with Gasteiger partial charge in [0, 0.05) is 31.5 Å². The van der Waals surface area contributed by atoms with E-state index in [0.29, 0.717) is 16.1 Å². The first kappa shape index (κ1) is 13.5. The number of hydrogen-bond donors (Lipinski definition) is 0. The van der Waals surface area contributed by atoms with Crippen LogP contribution in [0.4, 0.5) is 4.39 Å². The van der Waals surface area contributed by atoms with Crippen LogP contribution in [0.2, 0.25) is 5.02 Å². The molecule has 98 valence electrons. The molecule has 19 heavy (non-hydrogen) atoms. The molecule has 0 atom stereocenters. The first-order valence-corrected chi connectivity index (χ1v) is 6.06. The minimum Gasteiger partial charge on any atom is -0.337 e. The standard InChI is InChI=1S/C14H12ClFN2O/c1-18(9-10-4-2-3-5-13(10)16)14(19)11-8-17-7-6-12(11)15/h2-8H,9H2,1H3. The average molecular weight is 279 g/mol. The van der Waals surface area contributed by atoms with E-state index >= 15 is 0 Å². The van der Waals surface area contributed by atoms with E-state index in [0.717, 1.165) is 0 Å². The zero-order valence-electron chi connectivity index (χ0n) is 10.3. The lowest BCUT2D eigenvalue weighted by molar-refractivity contribution is 0.0783. The van der Waals surface area contributed by atoms with Gasteiger partial charge in [-0.15, -0.1) is 0 Å². The summed E-state index contributed by atoms with van der Waals surface area (Å²) in [6, 6.07) is 7.90. The number of benzene rings is 1. The smallest absolute Gasteiger partial charge is 0.256 e. The number of nitrogens with zero attached hydrogens (tertiary/aromatic N) is 2. The Kier molecular flexibility index (Phi) is 4.12.